The van der Waals surface area contributed by atoms with Gasteiger partial charge in [0.1, 0.15) is 12.4 Å². The van der Waals surface area contributed by atoms with Crippen molar-refractivity contribution in [3.63, 3.8) is 0 Å². The molecule has 1 saturated heterocycles. The van der Waals surface area contributed by atoms with Crippen LogP contribution in [0.15, 0.2) is 10.6 Å². The molecule has 1 aliphatic rings. The van der Waals surface area contributed by atoms with Gasteiger partial charge in [0.25, 0.3) is 5.88 Å². The number of nitrogens with zero attached hydrogens (tertiary/aromatic N) is 1. The van der Waals surface area contributed by atoms with Crippen LogP contribution in [0.25, 0.3) is 0 Å². The minimum Gasteiger partial charge on any atom is -0.481 e. The largest absolute Gasteiger partial charge is 0.481 e. The first-order valence-electron chi connectivity index (χ1n) is 9.19. The minimum atomic E-state index is -0.851. The van der Waals surface area contributed by atoms with Crippen LogP contribution in [-0.4, -0.2) is 48.6 Å². The van der Waals surface area contributed by atoms with Gasteiger partial charge in [-0.2, -0.15) is 0 Å². The van der Waals surface area contributed by atoms with E-state index in [2.05, 4.69) is 5.16 Å². The molecule has 2 heterocycles. The molecule has 1 aliphatic heterocycles. The Bertz CT molecular complexity index is 539. The van der Waals surface area contributed by atoms with E-state index in [9.17, 15) is 9.90 Å². The summed E-state index contributed by atoms with van der Waals surface area (Å²) in [4.78, 5) is 11.3. The second-order valence-corrected chi connectivity index (χ2v) is 6.65. The molecule has 26 heavy (non-hydrogen) atoms. The van der Waals surface area contributed by atoms with E-state index in [0.717, 1.165) is 19.3 Å². The lowest BCUT2D eigenvalue weighted by atomic mass is 9.92. The van der Waals surface area contributed by atoms with Crippen LogP contribution in [0.2, 0.25) is 0 Å². The van der Waals surface area contributed by atoms with Crippen molar-refractivity contribution in [2.45, 2.75) is 59.0 Å². The van der Waals surface area contributed by atoms with Crippen LogP contribution in [0.4, 0.5) is 0 Å². The summed E-state index contributed by atoms with van der Waals surface area (Å²) in [6, 6.07) is 1.61. The monoisotopic (exact) mass is 371 g/mol. The lowest BCUT2D eigenvalue weighted by molar-refractivity contribution is -0.261. The zero-order valence-electron chi connectivity index (χ0n) is 15.7. The molecule has 1 fully saturated rings. The average molecular weight is 371 g/mol. The van der Waals surface area contributed by atoms with E-state index in [1.807, 2.05) is 20.8 Å². The molecule has 8 heteroatoms. The smallest absolute Gasteiger partial charge is 0.307 e. The highest BCUT2D eigenvalue weighted by atomic mass is 16.8. The molecule has 0 bridgehead atoms. The van der Waals surface area contributed by atoms with Crippen molar-refractivity contribution in [2.24, 2.45) is 11.8 Å². The van der Waals surface area contributed by atoms with Gasteiger partial charge in [0.05, 0.1) is 5.92 Å². The SMILES string of the molecule is CCOC(COc1cc(CC(C(=O)O)C(C)C)on1)OC1CCCCO1. The van der Waals surface area contributed by atoms with E-state index in [1.165, 1.54) is 0 Å². The third-order valence-corrected chi connectivity index (χ3v) is 4.24. The number of carbonyl (C=O) groups is 1. The van der Waals surface area contributed by atoms with Gasteiger partial charge in [-0.25, -0.2) is 0 Å². The molecular weight excluding hydrogens is 342 g/mol. The van der Waals surface area contributed by atoms with Gasteiger partial charge >= 0.3 is 5.97 Å². The third kappa shape index (κ3) is 6.59. The molecule has 0 amide bonds. The van der Waals surface area contributed by atoms with Crippen molar-refractivity contribution in [3.8, 4) is 5.88 Å². The van der Waals surface area contributed by atoms with Gasteiger partial charge in [-0.1, -0.05) is 13.8 Å². The highest BCUT2D eigenvalue weighted by molar-refractivity contribution is 5.70. The molecule has 0 aliphatic carbocycles. The number of rotatable bonds is 11. The first-order valence-corrected chi connectivity index (χ1v) is 9.19. The maximum absolute atomic E-state index is 11.3. The van der Waals surface area contributed by atoms with Gasteiger partial charge in [-0.15, -0.1) is 0 Å². The van der Waals surface area contributed by atoms with E-state index in [4.69, 9.17) is 23.5 Å². The molecule has 3 atom stereocenters. The summed E-state index contributed by atoms with van der Waals surface area (Å²) in [5.74, 6) is -0.625. The predicted molar refractivity (Wildman–Crippen MR) is 91.8 cm³/mol. The molecule has 0 spiro atoms. The lowest BCUT2D eigenvalue weighted by Crippen LogP contribution is -2.33. The summed E-state index contributed by atoms with van der Waals surface area (Å²) >= 11 is 0. The molecule has 8 nitrogen and oxygen atoms in total. The third-order valence-electron chi connectivity index (χ3n) is 4.24. The number of hydrogen-bond donors (Lipinski definition) is 1. The number of carboxylic acid groups (broad SMARTS) is 1. The number of aliphatic carboxylic acids is 1. The summed E-state index contributed by atoms with van der Waals surface area (Å²) in [6.45, 7) is 6.93. The van der Waals surface area contributed by atoms with Crippen molar-refractivity contribution >= 4 is 5.97 Å². The van der Waals surface area contributed by atoms with Crippen LogP contribution >= 0.6 is 0 Å². The van der Waals surface area contributed by atoms with E-state index >= 15 is 0 Å². The molecule has 0 saturated carbocycles. The number of ether oxygens (including phenoxy) is 4. The van der Waals surface area contributed by atoms with Crippen molar-refractivity contribution in [1.29, 1.82) is 0 Å². The Kier molecular flexibility index (Phi) is 8.34. The van der Waals surface area contributed by atoms with Gasteiger partial charge in [0, 0.05) is 25.7 Å². The second kappa shape index (κ2) is 10.5. The Morgan fingerprint density at radius 3 is 2.85 bits per heavy atom. The number of aromatic nitrogens is 1. The first kappa shape index (κ1) is 20.7. The topological polar surface area (TPSA) is 100 Å². The fourth-order valence-electron chi connectivity index (χ4n) is 2.74. The fourth-order valence-corrected chi connectivity index (χ4v) is 2.74. The molecule has 1 aromatic rings. The number of carboxylic acids is 1. The Hall–Kier alpha value is -1.64. The minimum absolute atomic E-state index is 0.00630. The zero-order chi connectivity index (χ0) is 18.9. The Labute approximate surface area is 153 Å². The van der Waals surface area contributed by atoms with Crippen molar-refractivity contribution in [1.82, 2.24) is 5.16 Å². The zero-order valence-corrected chi connectivity index (χ0v) is 15.7. The average Bonchev–Trinajstić information content (AvgIpc) is 3.06. The fraction of sp³-hybridized carbons (Fsp3) is 0.778. The van der Waals surface area contributed by atoms with Gasteiger partial charge in [-0.05, 0) is 37.3 Å². The molecule has 3 unspecified atom stereocenters. The van der Waals surface area contributed by atoms with Crippen molar-refractivity contribution in [2.75, 3.05) is 19.8 Å². The van der Waals surface area contributed by atoms with Crippen molar-refractivity contribution < 1.29 is 33.4 Å². The quantitative estimate of drug-likeness (QED) is 0.593. The normalized spacial score (nSPS) is 20.1. The van der Waals surface area contributed by atoms with Crippen LogP contribution in [0.3, 0.4) is 0 Å². The van der Waals surface area contributed by atoms with Crippen molar-refractivity contribution in [3.05, 3.63) is 11.8 Å². The van der Waals surface area contributed by atoms with Gasteiger partial charge < -0.3 is 28.6 Å². The van der Waals surface area contributed by atoms with Crippen LogP contribution in [0.1, 0.15) is 45.8 Å². The first-order chi connectivity index (χ1) is 12.5. The molecular formula is C18H29NO7. The molecule has 148 valence electrons. The summed E-state index contributed by atoms with van der Waals surface area (Å²) in [5.41, 5.74) is 0. The van der Waals surface area contributed by atoms with Gasteiger partial charge in [-0.3, -0.25) is 4.79 Å². The maximum Gasteiger partial charge on any atom is 0.307 e. The summed E-state index contributed by atoms with van der Waals surface area (Å²) in [5, 5.41) is 13.1. The Morgan fingerprint density at radius 2 is 2.23 bits per heavy atom. The van der Waals surface area contributed by atoms with E-state index in [0.29, 0.717) is 19.0 Å². The second-order valence-electron chi connectivity index (χ2n) is 6.65. The Balaban J connectivity index is 1.84. The summed E-state index contributed by atoms with van der Waals surface area (Å²) in [7, 11) is 0. The van der Waals surface area contributed by atoms with E-state index < -0.39 is 18.2 Å². The predicted octanol–water partition coefficient (Wildman–Crippen LogP) is 2.86. The van der Waals surface area contributed by atoms with Crippen LogP contribution in [0, 0.1) is 11.8 Å². The van der Waals surface area contributed by atoms with Gasteiger partial charge in [0.2, 0.25) is 0 Å². The lowest BCUT2D eigenvalue weighted by Gasteiger charge is -2.27. The molecule has 2 rings (SSSR count). The molecule has 1 N–H and O–H groups in total. The van der Waals surface area contributed by atoms with Crippen LogP contribution in [0.5, 0.6) is 5.88 Å². The molecule has 0 aromatic carbocycles. The van der Waals surface area contributed by atoms with Crippen LogP contribution < -0.4 is 4.74 Å². The molecule has 0 radical (unpaired) electrons. The molecule has 1 aromatic heterocycles. The van der Waals surface area contributed by atoms with Gasteiger partial charge in [0.15, 0.2) is 12.6 Å². The Morgan fingerprint density at radius 1 is 1.42 bits per heavy atom. The summed E-state index contributed by atoms with van der Waals surface area (Å²) < 4.78 is 27.7. The van der Waals surface area contributed by atoms with Crippen LogP contribution in [-0.2, 0) is 25.4 Å². The summed E-state index contributed by atoms with van der Waals surface area (Å²) in [6.07, 6.45) is 2.38. The van der Waals surface area contributed by atoms with E-state index in [-0.39, 0.29) is 31.1 Å². The van der Waals surface area contributed by atoms with E-state index in [1.54, 1.807) is 6.07 Å². The maximum atomic E-state index is 11.3. The standard InChI is InChI=1S/C18H29NO7/c1-4-22-17(25-16-7-5-6-8-23-16)11-24-15-10-13(26-19-15)9-14(12(2)3)18(20)21/h10,12,14,16-17H,4-9,11H2,1-3H3,(H,20,21). The highest BCUT2D eigenvalue weighted by Crippen LogP contribution is 2.21. The highest BCUT2D eigenvalue weighted by Gasteiger charge is 2.25. The number of hydrogen-bond acceptors (Lipinski definition) is 7.